The molecule has 0 radical (unpaired) electrons. The number of likely N-dealkylation sites (N-methyl/N-ethyl adjacent to an activating group) is 1. The SMILES string of the molecule is CCOc1ccc(Cc2nc3cc(C(=O)N(CC(F)(F)F)CC(F)(F)F)ccc3n2C[C@@H]2CCCCN2C)cc1. The molecule has 0 bridgehead atoms. The van der Waals surface area contributed by atoms with Gasteiger partial charge in [0.25, 0.3) is 5.91 Å². The molecule has 1 atom stereocenters. The predicted octanol–water partition coefficient (Wildman–Crippen LogP) is 6.08. The molecule has 1 amide bonds. The summed E-state index contributed by atoms with van der Waals surface area (Å²) in [5.74, 6) is 0.0605. The van der Waals surface area contributed by atoms with Crippen molar-refractivity contribution in [2.75, 3.05) is 33.3 Å². The van der Waals surface area contributed by atoms with Gasteiger partial charge in [-0.25, -0.2) is 4.98 Å². The smallest absolute Gasteiger partial charge is 0.406 e. The van der Waals surface area contributed by atoms with Crippen molar-refractivity contribution in [3.05, 3.63) is 59.4 Å². The summed E-state index contributed by atoms with van der Waals surface area (Å²) in [7, 11) is 2.06. The third kappa shape index (κ3) is 7.67. The summed E-state index contributed by atoms with van der Waals surface area (Å²) < 4.78 is 85.6. The number of ether oxygens (including phenoxy) is 1. The van der Waals surface area contributed by atoms with Gasteiger partial charge in [-0.3, -0.25) is 4.79 Å². The van der Waals surface area contributed by atoms with E-state index in [1.807, 2.05) is 35.8 Å². The zero-order chi connectivity index (χ0) is 29.1. The molecule has 2 aromatic carbocycles. The van der Waals surface area contributed by atoms with E-state index in [4.69, 9.17) is 9.72 Å². The first kappa shape index (κ1) is 29.7. The summed E-state index contributed by atoms with van der Waals surface area (Å²) in [5, 5.41) is 0. The fourth-order valence-corrected chi connectivity index (χ4v) is 5.10. The van der Waals surface area contributed by atoms with E-state index in [0.717, 1.165) is 37.1 Å². The maximum Gasteiger partial charge on any atom is 0.406 e. The van der Waals surface area contributed by atoms with Crippen LogP contribution in [0.5, 0.6) is 5.75 Å². The minimum atomic E-state index is -4.98. The minimum absolute atomic E-state index is 0.226. The number of rotatable bonds is 9. The molecule has 12 heteroatoms. The fraction of sp³-hybridized carbons (Fsp3) is 0.500. The molecule has 0 saturated carbocycles. The quantitative estimate of drug-likeness (QED) is 0.293. The van der Waals surface area contributed by atoms with Crippen molar-refractivity contribution in [1.82, 2.24) is 19.4 Å². The van der Waals surface area contributed by atoms with Crippen molar-refractivity contribution in [2.24, 2.45) is 0 Å². The fourth-order valence-electron chi connectivity index (χ4n) is 5.10. The number of aromatic nitrogens is 2. The first-order chi connectivity index (χ1) is 18.8. The van der Waals surface area contributed by atoms with Gasteiger partial charge in [0.2, 0.25) is 0 Å². The van der Waals surface area contributed by atoms with E-state index in [1.54, 1.807) is 6.07 Å². The van der Waals surface area contributed by atoms with Gasteiger partial charge in [-0.2, -0.15) is 26.3 Å². The number of amides is 1. The summed E-state index contributed by atoms with van der Waals surface area (Å²) >= 11 is 0. The van der Waals surface area contributed by atoms with Crippen LogP contribution in [0.25, 0.3) is 11.0 Å². The number of hydrogen-bond donors (Lipinski definition) is 0. The zero-order valence-electron chi connectivity index (χ0n) is 22.4. The first-order valence-corrected chi connectivity index (χ1v) is 13.2. The van der Waals surface area contributed by atoms with Gasteiger partial charge in [0.05, 0.1) is 17.6 Å². The lowest BCUT2D eigenvalue weighted by atomic mass is 10.0. The highest BCUT2D eigenvalue weighted by Crippen LogP contribution is 2.27. The van der Waals surface area contributed by atoms with E-state index < -0.39 is 31.3 Å². The molecule has 4 rings (SSSR count). The molecule has 2 heterocycles. The molecule has 1 aliphatic rings. The molecule has 40 heavy (non-hydrogen) atoms. The molecule has 0 spiro atoms. The van der Waals surface area contributed by atoms with Crippen LogP contribution in [0.4, 0.5) is 26.3 Å². The van der Waals surface area contributed by atoms with E-state index in [0.29, 0.717) is 36.4 Å². The van der Waals surface area contributed by atoms with Gasteiger partial charge >= 0.3 is 12.4 Å². The predicted molar refractivity (Wildman–Crippen MR) is 138 cm³/mol. The Morgan fingerprint density at radius 3 is 2.30 bits per heavy atom. The summed E-state index contributed by atoms with van der Waals surface area (Å²) in [6.07, 6.45) is -6.35. The Bertz CT molecular complexity index is 1290. The highest BCUT2D eigenvalue weighted by Gasteiger charge is 2.40. The average Bonchev–Trinajstić information content (AvgIpc) is 3.20. The van der Waals surface area contributed by atoms with Crippen LogP contribution in [0, 0.1) is 0 Å². The molecular weight excluding hydrogens is 538 g/mol. The molecule has 1 saturated heterocycles. The Morgan fingerprint density at radius 2 is 1.70 bits per heavy atom. The number of halogens is 6. The first-order valence-electron chi connectivity index (χ1n) is 13.2. The number of fused-ring (bicyclic) bond motifs is 1. The third-order valence-electron chi connectivity index (χ3n) is 7.01. The highest BCUT2D eigenvalue weighted by molar-refractivity contribution is 5.97. The van der Waals surface area contributed by atoms with Crippen LogP contribution in [0.3, 0.4) is 0 Å². The number of hydrogen-bond acceptors (Lipinski definition) is 4. The minimum Gasteiger partial charge on any atom is -0.494 e. The Labute approximate surface area is 228 Å². The van der Waals surface area contributed by atoms with E-state index in [1.165, 1.54) is 12.1 Å². The number of carbonyl (C=O) groups is 1. The molecule has 0 unspecified atom stereocenters. The van der Waals surface area contributed by atoms with Gasteiger partial charge in [-0.15, -0.1) is 0 Å². The number of imidazole rings is 1. The van der Waals surface area contributed by atoms with E-state index >= 15 is 0 Å². The number of likely N-dealkylation sites (tertiary alicyclic amines) is 1. The van der Waals surface area contributed by atoms with Crippen molar-refractivity contribution in [1.29, 1.82) is 0 Å². The number of benzene rings is 2. The Morgan fingerprint density at radius 1 is 1.02 bits per heavy atom. The highest BCUT2D eigenvalue weighted by atomic mass is 19.4. The summed E-state index contributed by atoms with van der Waals surface area (Å²) in [5.41, 5.74) is 1.67. The van der Waals surface area contributed by atoms with E-state index in [-0.39, 0.29) is 16.5 Å². The molecular formula is C28H32F6N4O2. The molecule has 1 aliphatic heterocycles. The standard InChI is InChI=1S/C28H32F6N4O2/c1-3-40-22-10-7-19(8-11-22)14-25-35-23-15-20(26(39)37(17-27(29,30)31)18-28(32,33)34)9-12-24(23)38(25)16-21-6-4-5-13-36(21)2/h7-12,15,21H,3-6,13-14,16-18H2,1-2H3/t21-/m0/s1. The summed E-state index contributed by atoms with van der Waals surface area (Å²) in [6.45, 7) is -0.0134. The van der Waals surface area contributed by atoms with Gasteiger partial charge in [0.15, 0.2) is 0 Å². The van der Waals surface area contributed by atoms with Crippen LogP contribution in [-0.4, -0.2) is 76.9 Å². The topological polar surface area (TPSA) is 50.6 Å². The van der Waals surface area contributed by atoms with Crippen LogP contribution >= 0.6 is 0 Å². The largest absolute Gasteiger partial charge is 0.494 e. The van der Waals surface area contributed by atoms with Gasteiger partial charge in [0.1, 0.15) is 24.7 Å². The van der Waals surface area contributed by atoms with Crippen molar-refractivity contribution < 1.29 is 35.9 Å². The molecule has 1 aromatic heterocycles. The maximum absolute atomic E-state index is 13.0. The summed E-state index contributed by atoms with van der Waals surface area (Å²) in [6, 6.07) is 11.9. The monoisotopic (exact) mass is 570 g/mol. The molecule has 218 valence electrons. The molecule has 0 aliphatic carbocycles. The van der Waals surface area contributed by atoms with Crippen LogP contribution in [-0.2, 0) is 13.0 Å². The third-order valence-corrected chi connectivity index (χ3v) is 7.01. The van der Waals surface area contributed by atoms with Crippen LogP contribution < -0.4 is 4.74 Å². The lowest BCUT2D eigenvalue weighted by Crippen LogP contribution is -2.44. The zero-order valence-corrected chi connectivity index (χ0v) is 22.4. The maximum atomic E-state index is 13.0. The average molecular weight is 571 g/mol. The van der Waals surface area contributed by atoms with Gasteiger partial charge < -0.3 is 19.1 Å². The van der Waals surface area contributed by atoms with Crippen molar-refractivity contribution in [2.45, 2.75) is 57.5 Å². The second-order valence-corrected chi connectivity index (χ2v) is 10.1. The number of piperidine rings is 1. The van der Waals surface area contributed by atoms with Gasteiger partial charge in [-0.1, -0.05) is 18.6 Å². The molecule has 6 nitrogen and oxygen atoms in total. The van der Waals surface area contributed by atoms with E-state index in [9.17, 15) is 31.1 Å². The van der Waals surface area contributed by atoms with Crippen LogP contribution in [0.15, 0.2) is 42.5 Å². The van der Waals surface area contributed by atoms with Gasteiger partial charge in [0, 0.05) is 24.6 Å². The van der Waals surface area contributed by atoms with Crippen molar-refractivity contribution in [3.63, 3.8) is 0 Å². The lowest BCUT2D eigenvalue weighted by Gasteiger charge is -2.33. The van der Waals surface area contributed by atoms with Gasteiger partial charge in [-0.05, 0) is 69.3 Å². The Kier molecular flexibility index (Phi) is 8.96. The van der Waals surface area contributed by atoms with Crippen molar-refractivity contribution in [3.8, 4) is 5.75 Å². The molecule has 0 N–H and O–H groups in total. The number of carbonyl (C=O) groups excluding carboxylic acids is 1. The number of alkyl halides is 6. The number of nitrogens with zero attached hydrogens (tertiary/aromatic N) is 4. The normalized spacial score (nSPS) is 16.9. The van der Waals surface area contributed by atoms with Crippen LogP contribution in [0.2, 0.25) is 0 Å². The second kappa shape index (κ2) is 12.1. The Hall–Kier alpha value is -3.28. The van der Waals surface area contributed by atoms with Crippen LogP contribution in [0.1, 0.15) is 47.9 Å². The van der Waals surface area contributed by atoms with Crippen molar-refractivity contribution >= 4 is 16.9 Å². The Balaban J connectivity index is 1.70. The second-order valence-electron chi connectivity index (χ2n) is 10.1. The molecule has 1 fully saturated rings. The summed E-state index contributed by atoms with van der Waals surface area (Å²) in [4.78, 5) is 19.6. The van der Waals surface area contributed by atoms with E-state index in [2.05, 4.69) is 11.9 Å². The molecule has 3 aromatic rings. The lowest BCUT2D eigenvalue weighted by molar-refractivity contribution is -0.171.